The Balaban J connectivity index is 1.80. The Labute approximate surface area is 189 Å². The summed E-state index contributed by atoms with van der Waals surface area (Å²) in [6, 6.07) is 13.3. The van der Waals surface area contributed by atoms with Crippen LogP contribution in [-0.2, 0) is 0 Å². The molecule has 10 nitrogen and oxygen atoms in total. The van der Waals surface area contributed by atoms with Gasteiger partial charge in [-0.25, -0.2) is 9.97 Å². The van der Waals surface area contributed by atoms with Gasteiger partial charge in [0.15, 0.2) is 5.65 Å². The fourth-order valence-electron chi connectivity index (χ4n) is 3.50. The maximum Gasteiger partial charge on any atom is 0.270 e. The van der Waals surface area contributed by atoms with E-state index in [1.807, 2.05) is 24.3 Å². The highest BCUT2D eigenvalue weighted by molar-refractivity contribution is 6.10. The SMILES string of the molecule is CCCCCNC(=O)c1c(N)n(/N=C/c2cccc([N+](=O)[O-])c2)c2nc3ccccc3nc12. The van der Waals surface area contributed by atoms with Crippen molar-refractivity contribution >= 4 is 45.8 Å². The summed E-state index contributed by atoms with van der Waals surface area (Å²) in [5, 5.41) is 18.3. The number of hydrogen-bond acceptors (Lipinski definition) is 7. The molecule has 0 aliphatic heterocycles. The Kier molecular flexibility index (Phi) is 6.25. The lowest BCUT2D eigenvalue weighted by Crippen LogP contribution is -2.25. The zero-order valence-electron chi connectivity index (χ0n) is 18.1. The van der Waals surface area contributed by atoms with Crippen LogP contribution in [0.4, 0.5) is 11.5 Å². The summed E-state index contributed by atoms with van der Waals surface area (Å²) >= 11 is 0. The van der Waals surface area contributed by atoms with Crippen LogP contribution in [0, 0.1) is 10.1 Å². The molecule has 4 rings (SSSR count). The van der Waals surface area contributed by atoms with Crippen molar-refractivity contribution < 1.29 is 9.72 Å². The van der Waals surface area contributed by atoms with Crippen LogP contribution in [0.25, 0.3) is 22.2 Å². The Morgan fingerprint density at radius 3 is 2.67 bits per heavy atom. The van der Waals surface area contributed by atoms with Crippen LogP contribution in [0.1, 0.15) is 42.1 Å². The number of amides is 1. The average molecular weight is 445 g/mol. The number of nitro benzene ring substituents is 1. The van der Waals surface area contributed by atoms with Gasteiger partial charge in [0, 0.05) is 24.2 Å². The first-order valence-electron chi connectivity index (χ1n) is 10.6. The number of nitrogens with one attached hydrogen (secondary N) is 1. The predicted octanol–water partition coefficient (Wildman–Crippen LogP) is 3.88. The molecule has 0 unspecified atom stereocenters. The van der Waals surface area contributed by atoms with E-state index in [2.05, 4.69) is 27.3 Å². The zero-order valence-corrected chi connectivity index (χ0v) is 18.1. The maximum atomic E-state index is 13.0. The molecule has 0 aliphatic carbocycles. The van der Waals surface area contributed by atoms with Crippen molar-refractivity contribution in [1.29, 1.82) is 0 Å². The highest BCUT2D eigenvalue weighted by Crippen LogP contribution is 2.28. The third-order valence-electron chi connectivity index (χ3n) is 5.17. The normalized spacial score (nSPS) is 11.4. The Morgan fingerprint density at radius 2 is 1.94 bits per heavy atom. The van der Waals surface area contributed by atoms with Crippen LogP contribution < -0.4 is 11.1 Å². The molecule has 0 spiro atoms. The third kappa shape index (κ3) is 4.49. The molecule has 0 atom stereocenters. The lowest BCUT2D eigenvalue weighted by molar-refractivity contribution is -0.384. The number of para-hydroxylation sites is 2. The number of non-ortho nitro benzene ring substituents is 1. The molecule has 2 aromatic heterocycles. The molecular formula is C23H23N7O3. The van der Waals surface area contributed by atoms with Crippen molar-refractivity contribution in [2.24, 2.45) is 5.10 Å². The van der Waals surface area contributed by atoms with E-state index in [1.165, 1.54) is 23.0 Å². The number of anilines is 1. The number of rotatable bonds is 8. The van der Waals surface area contributed by atoms with E-state index >= 15 is 0 Å². The van der Waals surface area contributed by atoms with Gasteiger partial charge >= 0.3 is 0 Å². The first kappa shape index (κ1) is 21.9. The highest BCUT2D eigenvalue weighted by atomic mass is 16.6. The van der Waals surface area contributed by atoms with E-state index in [0.717, 1.165) is 19.3 Å². The lowest BCUT2D eigenvalue weighted by atomic mass is 10.2. The van der Waals surface area contributed by atoms with Crippen LogP contribution in [0.5, 0.6) is 0 Å². The smallest absolute Gasteiger partial charge is 0.270 e. The second kappa shape index (κ2) is 9.43. The summed E-state index contributed by atoms with van der Waals surface area (Å²) in [6.45, 7) is 2.62. The summed E-state index contributed by atoms with van der Waals surface area (Å²) in [6.07, 6.45) is 4.35. The minimum absolute atomic E-state index is 0.0535. The molecule has 33 heavy (non-hydrogen) atoms. The molecule has 0 radical (unpaired) electrons. The van der Waals surface area contributed by atoms with Crippen LogP contribution >= 0.6 is 0 Å². The number of hydrogen-bond donors (Lipinski definition) is 2. The van der Waals surface area contributed by atoms with Gasteiger partial charge in [0.05, 0.1) is 22.2 Å². The van der Waals surface area contributed by atoms with E-state index in [9.17, 15) is 14.9 Å². The van der Waals surface area contributed by atoms with E-state index < -0.39 is 4.92 Å². The predicted molar refractivity (Wildman–Crippen MR) is 127 cm³/mol. The molecule has 10 heteroatoms. The van der Waals surface area contributed by atoms with Gasteiger partial charge in [0.25, 0.3) is 11.6 Å². The number of aromatic nitrogens is 3. The number of unbranched alkanes of at least 4 members (excludes halogenated alkanes) is 2. The average Bonchev–Trinajstić information content (AvgIpc) is 3.09. The fourth-order valence-corrected chi connectivity index (χ4v) is 3.50. The Hall–Kier alpha value is -4.34. The van der Waals surface area contributed by atoms with Gasteiger partial charge in [-0.3, -0.25) is 14.9 Å². The molecule has 2 heterocycles. The molecule has 4 aromatic rings. The summed E-state index contributed by atoms with van der Waals surface area (Å²) in [5.74, 6) is -0.252. The van der Waals surface area contributed by atoms with Gasteiger partial charge in [0.1, 0.15) is 16.9 Å². The van der Waals surface area contributed by atoms with E-state index in [4.69, 9.17) is 5.73 Å². The standard InChI is InChI=1S/C23H23N7O3/c1-2-3-6-12-25-23(31)19-20-22(28-18-11-5-4-10-17(18)27-20)29(21(19)24)26-14-15-8-7-9-16(13-15)30(32)33/h4-5,7-11,13-14H,2-3,6,12,24H2,1H3,(H,25,31)/b26-14+. The van der Waals surface area contributed by atoms with Crippen LogP contribution in [0.3, 0.4) is 0 Å². The van der Waals surface area contributed by atoms with Crippen molar-refractivity contribution in [2.45, 2.75) is 26.2 Å². The van der Waals surface area contributed by atoms with Gasteiger partial charge in [-0.1, -0.05) is 44.0 Å². The lowest BCUT2D eigenvalue weighted by Gasteiger charge is -2.05. The topological polar surface area (TPSA) is 141 Å². The van der Waals surface area contributed by atoms with Crippen LogP contribution in [0.15, 0.2) is 53.6 Å². The minimum Gasteiger partial charge on any atom is -0.383 e. The van der Waals surface area contributed by atoms with Crippen LogP contribution in [-0.4, -0.2) is 38.2 Å². The third-order valence-corrected chi connectivity index (χ3v) is 5.17. The molecule has 0 aliphatic rings. The van der Waals surface area contributed by atoms with Gasteiger partial charge in [-0.15, -0.1) is 0 Å². The van der Waals surface area contributed by atoms with Crippen LogP contribution in [0.2, 0.25) is 0 Å². The Bertz CT molecular complexity index is 1380. The molecule has 1 amide bonds. The fraction of sp³-hybridized carbons (Fsp3) is 0.217. The summed E-state index contributed by atoms with van der Waals surface area (Å²) < 4.78 is 1.34. The maximum absolute atomic E-state index is 13.0. The molecule has 3 N–H and O–H groups in total. The Morgan fingerprint density at radius 1 is 1.18 bits per heavy atom. The van der Waals surface area contributed by atoms with E-state index in [0.29, 0.717) is 34.3 Å². The first-order chi connectivity index (χ1) is 16.0. The molecule has 0 bridgehead atoms. The monoisotopic (exact) mass is 445 g/mol. The van der Waals surface area contributed by atoms with Gasteiger partial charge in [-0.05, 0) is 18.6 Å². The second-order valence-electron chi connectivity index (χ2n) is 7.52. The molecule has 0 saturated carbocycles. The van der Waals surface area contributed by atoms with Gasteiger partial charge in [-0.2, -0.15) is 9.78 Å². The zero-order chi connectivity index (χ0) is 23.4. The molecule has 2 aromatic carbocycles. The number of carbonyl (C=O) groups is 1. The molecular weight excluding hydrogens is 422 g/mol. The molecule has 168 valence electrons. The van der Waals surface area contributed by atoms with E-state index in [-0.39, 0.29) is 23.0 Å². The highest BCUT2D eigenvalue weighted by Gasteiger charge is 2.23. The number of nitrogens with two attached hydrogens (primary N) is 1. The quantitative estimate of drug-likeness (QED) is 0.182. The van der Waals surface area contributed by atoms with Gasteiger partial charge < -0.3 is 11.1 Å². The van der Waals surface area contributed by atoms with Crippen molar-refractivity contribution in [1.82, 2.24) is 20.0 Å². The summed E-state index contributed by atoms with van der Waals surface area (Å²) in [7, 11) is 0. The van der Waals surface area contributed by atoms with Crippen molar-refractivity contribution in [3.8, 4) is 0 Å². The van der Waals surface area contributed by atoms with Crippen molar-refractivity contribution in [3.63, 3.8) is 0 Å². The molecule has 0 fully saturated rings. The van der Waals surface area contributed by atoms with Crippen molar-refractivity contribution in [2.75, 3.05) is 12.3 Å². The van der Waals surface area contributed by atoms with E-state index in [1.54, 1.807) is 12.1 Å². The number of nitrogen functional groups attached to an aromatic ring is 1. The minimum atomic E-state index is -0.477. The first-order valence-corrected chi connectivity index (χ1v) is 10.6. The van der Waals surface area contributed by atoms with Gasteiger partial charge in [0.2, 0.25) is 0 Å². The number of fused-ring (bicyclic) bond motifs is 2. The molecule has 0 saturated heterocycles. The summed E-state index contributed by atoms with van der Waals surface area (Å²) in [4.78, 5) is 32.8. The van der Waals surface area contributed by atoms with Crippen molar-refractivity contribution in [3.05, 3.63) is 69.8 Å². The number of carbonyl (C=O) groups excluding carboxylic acids is 1. The second-order valence-corrected chi connectivity index (χ2v) is 7.52. The summed E-state index contributed by atoms with van der Waals surface area (Å²) in [5.41, 5.74) is 8.93. The number of nitro groups is 1. The number of nitrogens with zero attached hydrogens (tertiary/aromatic N) is 5. The number of benzene rings is 2. The largest absolute Gasteiger partial charge is 0.383 e.